The summed E-state index contributed by atoms with van der Waals surface area (Å²) in [5.74, 6) is 5.77. The maximum absolute atomic E-state index is 5.77. The molecule has 100 valence electrons. The molecule has 19 heavy (non-hydrogen) atoms. The Morgan fingerprint density at radius 1 is 1.00 bits per heavy atom. The second kappa shape index (κ2) is 5.51. The lowest BCUT2D eigenvalue weighted by atomic mass is 9.94. The molecule has 1 aromatic heterocycles. The third-order valence-electron chi connectivity index (χ3n) is 3.34. The normalized spacial score (nSPS) is 12.5. The van der Waals surface area contributed by atoms with Crippen molar-refractivity contribution >= 4 is 0 Å². The van der Waals surface area contributed by atoms with Crippen LogP contribution >= 0.6 is 0 Å². The monoisotopic (exact) mass is 255 g/mol. The van der Waals surface area contributed by atoms with Crippen LogP contribution in [0.1, 0.15) is 39.7 Å². The molecule has 0 fully saturated rings. The fourth-order valence-electron chi connectivity index (χ4n) is 2.55. The van der Waals surface area contributed by atoms with Gasteiger partial charge in [-0.25, -0.2) is 5.43 Å². The van der Waals surface area contributed by atoms with Crippen LogP contribution < -0.4 is 11.3 Å². The first kappa shape index (κ1) is 13.7. The molecule has 1 unspecified atom stereocenters. The van der Waals surface area contributed by atoms with Crippen LogP contribution in [0.4, 0.5) is 0 Å². The van der Waals surface area contributed by atoms with Gasteiger partial charge < -0.3 is 0 Å². The highest BCUT2D eigenvalue weighted by molar-refractivity contribution is 5.39. The number of rotatable bonds is 3. The van der Waals surface area contributed by atoms with Crippen LogP contribution in [-0.2, 0) is 0 Å². The Hall–Kier alpha value is -1.71. The number of benzene rings is 1. The standard InChI is InChI=1S/C16H21N3/c1-10-5-6-15(11(2)7-10)16(19-17)14-8-12(3)18-13(4)9-14/h5-9,16,19H,17H2,1-4H3. The molecule has 1 aromatic carbocycles. The van der Waals surface area contributed by atoms with Gasteiger partial charge >= 0.3 is 0 Å². The fraction of sp³-hybridized carbons (Fsp3) is 0.312. The van der Waals surface area contributed by atoms with Crippen LogP contribution in [0.25, 0.3) is 0 Å². The van der Waals surface area contributed by atoms with E-state index in [9.17, 15) is 0 Å². The Kier molecular flexibility index (Phi) is 3.98. The molecular weight excluding hydrogens is 234 g/mol. The Morgan fingerprint density at radius 2 is 1.63 bits per heavy atom. The van der Waals surface area contributed by atoms with Crippen molar-refractivity contribution in [1.29, 1.82) is 0 Å². The number of nitrogens with two attached hydrogens (primary N) is 1. The summed E-state index contributed by atoms with van der Waals surface area (Å²) in [6, 6.07) is 10.6. The number of nitrogens with one attached hydrogen (secondary N) is 1. The van der Waals surface area contributed by atoms with Gasteiger partial charge in [0.1, 0.15) is 0 Å². The fourth-order valence-corrected chi connectivity index (χ4v) is 2.55. The second-order valence-electron chi connectivity index (χ2n) is 5.14. The van der Waals surface area contributed by atoms with Gasteiger partial charge in [-0.05, 0) is 56.5 Å². The predicted molar refractivity (Wildman–Crippen MR) is 78.8 cm³/mol. The first-order valence-electron chi connectivity index (χ1n) is 6.49. The van der Waals surface area contributed by atoms with Crippen LogP contribution in [-0.4, -0.2) is 4.98 Å². The molecule has 3 N–H and O–H groups in total. The molecule has 2 aromatic rings. The van der Waals surface area contributed by atoms with E-state index in [4.69, 9.17) is 5.84 Å². The quantitative estimate of drug-likeness (QED) is 0.655. The van der Waals surface area contributed by atoms with Crippen molar-refractivity contribution in [2.45, 2.75) is 33.7 Å². The topological polar surface area (TPSA) is 50.9 Å². The Bertz CT molecular complexity index is 570. The zero-order chi connectivity index (χ0) is 14.0. The van der Waals surface area contributed by atoms with Gasteiger partial charge in [-0.15, -0.1) is 0 Å². The summed E-state index contributed by atoms with van der Waals surface area (Å²) in [5, 5.41) is 0. The van der Waals surface area contributed by atoms with E-state index < -0.39 is 0 Å². The number of hydrogen-bond acceptors (Lipinski definition) is 3. The number of nitrogens with zero attached hydrogens (tertiary/aromatic N) is 1. The summed E-state index contributed by atoms with van der Waals surface area (Å²) in [7, 11) is 0. The van der Waals surface area contributed by atoms with Gasteiger partial charge in [-0.1, -0.05) is 23.8 Å². The van der Waals surface area contributed by atoms with E-state index >= 15 is 0 Å². The molecule has 2 rings (SSSR count). The summed E-state index contributed by atoms with van der Waals surface area (Å²) in [5.41, 5.74) is 9.82. The lowest BCUT2D eigenvalue weighted by molar-refractivity contribution is 0.631. The van der Waals surface area contributed by atoms with Gasteiger partial charge in [0.2, 0.25) is 0 Å². The highest BCUT2D eigenvalue weighted by Gasteiger charge is 2.15. The van der Waals surface area contributed by atoms with Crippen molar-refractivity contribution in [3.8, 4) is 0 Å². The minimum absolute atomic E-state index is 0.000926. The van der Waals surface area contributed by atoms with Crippen LogP contribution in [0.2, 0.25) is 0 Å². The van der Waals surface area contributed by atoms with Crippen LogP contribution in [0, 0.1) is 27.7 Å². The predicted octanol–water partition coefficient (Wildman–Crippen LogP) is 2.87. The van der Waals surface area contributed by atoms with E-state index in [1.807, 2.05) is 13.8 Å². The zero-order valence-corrected chi connectivity index (χ0v) is 12.0. The maximum Gasteiger partial charge on any atom is 0.0713 e. The number of aryl methyl sites for hydroxylation is 4. The molecule has 0 aliphatic carbocycles. The average molecular weight is 255 g/mol. The maximum atomic E-state index is 5.77. The second-order valence-corrected chi connectivity index (χ2v) is 5.14. The summed E-state index contributed by atoms with van der Waals surface area (Å²) >= 11 is 0. The van der Waals surface area contributed by atoms with Crippen LogP contribution in [0.15, 0.2) is 30.3 Å². The first-order chi connectivity index (χ1) is 9.01. The largest absolute Gasteiger partial charge is 0.271 e. The molecular formula is C16H21N3. The summed E-state index contributed by atoms with van der Waals surface area (Å²) in [6.45, 7) is 8.23. The van der Waals surface area contributed by atoms with Crippen molar-refractivity contribution in [3.63, 3.8) is 0 Å². The molecule has 0 aliphatic heterocycles. The Morgan fingerprint density at radius 3 is 2.16 bits per heavy atom. The third kappa shape index (κ3) is 3.00. The smallest absolute Gasteiger partial charge is 0.0713 e. The van der Waals surface area contributed by atoms with E-state index in [1.54, 1.807) is 0 Å². The summed E-state index contributed by atoms with van der Waals surface area (Å²) in [6.07, 6.45) is 0. The minimum Gasteiger partial charge on any atom is -0.271 e. The average Bonchev–Trinajstić information content (AvgIpc) is 2.31. The zero-order valence-electron chi connectivity index (χ0n) is 12.0. The van der Waals surface area contributed by atoms with Crippen molar-refractivity contribution in [2.24, 2.45) is 5.84 Å². The summed E-state index contributed by atoms with van der Waals surface area (Å²) in [4.78, 5) is 4.41. The molecule has 3 heteroatoms. The molecule has 0 saturated heterocycles. The van der Waals surface area contributed by atoms with E-state index in [0.717, 1.165) is 17.0 Å². The van der Waals surface area contributed by atoms with Gasteiger partial charge in [0.05, 0.1) is 6.04 Å². The van der Waals surface area contributed by atoms with Gasteiger partial charge in [0.25, 0.3) is 0 Å². The summed E-state index contributed by atoms with van der Waals surface area (Å²) < 4.78 is 0. The van der Waals surface area contributed by atoms with E-state index in [-0.39, 0.29) is 6.04 Å². The van der Waals surface area contributed by atoms with Gasteiger partial charge in [0.15, 0.2) is 0 Å². The van der Waals surface area contributed by atoms with Crippen molar-refractivity contribution < 1.29 is 0 Å². The molecule has 1 atom stereocenters. The number of aromatic nitrogens is 1. The molecule has 0 aliphatic rings. The van der Waals surface area contributed by atoms with Crippen molar-refractivity contribution in [1.82, 2.24) is 10.4 Å². The van der Waals surface area contributed by atoms with Gasteiger partial charge in [-0.3, -0.25) is 10.8 Å². The van der Waals surface area contributed by atoms with Gasteiger partial charge in [0, 0.05) is 11.4 Å². The number of hydrazine groups is 1. The highest BCUT2D eigenvalue weighted by Crippen LogP contribution is 2.25. The van der Waals surface area contributed by atoms with E-state index in [0.29, 0.717) is 0 Å². The SMILES string of the molecule is Cc1ccc(C(NN)c2cc(C)nc(C)c2)c(C)c1. The Labute approximate surface area is 114 Å². The highest BCUT2D eigenvalue weighted by atomic mass is 15.2. The van der Waals surface area contributed by atoms with Crippen LogP contribution in [0.5, 0.6) is 0 Å². The van der Waals surface area contributed by atoms with Gasteiger partial charge in [-0.2, -0.15) is 0 Å². The molecule has 0 bridgehead atoms. The number of pyridine rings is 1. The molecule has 1 heterocycles. The van der Waals surface area contributed by atoms with E-state index in [1.165, 1.54) is 16.7 Å². The van der Waals surface area contributed by atoms with E-state index in [2.05, 4.69) is 54.6 Å². The minimum atomic E-state index is 0.000926. The lowest BCUT2D eigenvalue weighted by Gasteiger charge is -2.20. The molecule has 0 saturated carbocycles. The molecule has 3 nitrogen and oxygen atoms in total. The van der Waals surface area contributed by atoms with Crippen molar-refractivity contribution in [3.05, 3.63) is 64.0 Å². The van der Waals surface area contributed by atoms with Crippen molar-refractivity contribution in [2.75, 3.05) is 0 Å². The number of hydrogen-bond donors (Lipinski definition) is 2. The molecule has 0 spiro atoms. The molecule has 0 radical (unpaired) electrons. The Balaban J connectivity index is 2.49. The molecule has 0 amide bonds. The first-order valence-corrected chi connectivity index (χ1v) is 6.49. The third-order valence-corrected chi connectivity index (χ3v) is 3.34. The van der Waals surface area contributed by atoms with Crippen LogP contribution in [0.3, 0.4) is 0 Å². The lowest BCUT2D eigenvalue weighted by Crippen LogP contribution is -2.29.